The summed E-state index contributed by atoms with van der Waals surface area (Å²) in [6.45, 7) is 3.20. The average molecular weight is 261 g/mol. The van der Waals surface area contributed by atoms with Crippen molar-refractivity contribution in [2.24, 2.45) is 0 Å². The molecule has 2 N–H and O–H groups in total. The number of hydrogen-bond acceptors (Lipinski definition) is 3. The van der Waals surface area contributed by atoms with Gasteiger partial charge in [-0.05, 0) is 30.7 Å². The van der Waals surface area contributed by atoms with Crippen molar-refractivity contribution in [3.8, 4) is 0 Å². The van der Waals surface area contributed by atoms with Gasteiger partial charge in [0.25, 0.3) is 0 Å². The largest absolute Gasteiger partial charge is 0.396 e. The van der Waals surface area contributed by atoms with E-state index in [1.807, 2.05) is 6.92 Å². The molecule has 96 valence electrons. The molecule has 0 radical (unpaired) electrons. The van der Waals surface area contributed by atoms with E-state index in [0.29, 0.717) is 24.3 Å². The van der Waals surface area contributed by atoms with E-state index in [1.54, 1.807) is 0 Å². The predicted octanol–water partition coefficient (Wildman–Crippen LogP) is 2.55. The number of aliphatic hydroxyl groups excluding tert-OH is 1. The number of nitrogens with one attached hydrogen (secondary N) is 1. The molecule has 0 amide bonds. The third-order valence-corrected chi connectivity index (χ3v) is 3.36. The Morgan fingerprint density at radius 2 is 1.94 bits per heavy atom. The molecular weight excluding hydrogens is 244 g/mol. The van der Waals surface area contributed by atoms with E-state index in [9.17, 15) is 8.78 Å². The van der Waals surface area contributed by atoms with Gasteiger partial charge in [-0.3, -0.25) is 0 Å². The Balaban J connectivity index is 2.72. The van der Waals surface area contributed by atoms with Gasteiger partial charge in [0, 0.05) is 18.9 Å². The zero-order chi connectivity index (χ0) is 12.7. The van der Waals surface area contributed by atoms with Crippen molar-refractivity contribution in [1.29, 1.82) is 0 Å². The molecule has 0 atom stereocenters. The van der Waals surface area contributed by atoms with Crippen LogP contribution in [0, 0.1) is 11.6 Å². The van der Waals surface area contributed by atoms with E-state index in [0.717, 1.165) is 18.3 Å². The van der Waals surface area contributed by atoms with Crippen LogP contribution in [-0.2, 0) is 6.54 Å². The molecule has 0 aliphatic heterocycles. The molecule has 0 spiro atoms. The number of thioether (sulfide) groups is 1. The van der Waals surface area contributed by atoms with Crippen LogP contribution >= 0.6 is 11.8 Å². The predicted molar refractivity (Wildman–Crippen MR) is 66.2 cm³/mol. The van der Waals surface area contributed by atoms with Crippen LogP contribution in [0.15, 0.2) is 17.0 Å². The third-order valence-electron chi connectivity index (χ3n) is 2.19. The van der Waals surface area contributed by atoms with Gasteiger partial charge in [0.05, 0.1) is 4.90 Å². The fraction of sp³-hybridized carbons (Fsp3) is 0.500. The maximum Gasteiger partial charge on any atom is 0.140 e. The number of aliphatic hydroxyl groups is 1. The lowest BCUT2D eigenvalue weighted by molar-refractivity contribution is 0.296. The van der Waals surface area contributed by atoms with Gasteiger partial charge in [-0.1, -0.05) is 6.92 Å². The summed E-state index contributed by atoms with van der Waals surface area (Å²) in [6.07, 6.45) is 0.530. The van der Waals surface area contributed by atoms with E-state index in [-0.39, 0.29) is 11.5 Å². The van der Waals surface area contributed by atoms with Crippen LogP contribution in [0.4, 0.5) is 8.78 Å². The number of rotatable bonds is 7. The molecule has 2 nitrogen and oxygen atoms in total. The van der Waals surface area contributed by atoms with Crippen molar-refractivity contribution in [2.75, 3.05) is 18.9 Å². The second kappa shape index (κ2) is 7.63. The molecule has 17 heavy (non-hydrogen) atoms. The Bertz CT molecular complexity index is 337. The standard InChI is InChI=1S/C12H17F2NOS/c1-2-15-8-9-6-10(13)12(11(14)7-9)17-5-3-4-16/h6-7,15-16H,2-5,8H2,1H3. The minimum atomic E-state index is -0.527. The molecule has 0 saturated carbocycles. The molecule has 1 aromatic rings. The van der Waals surface area contributed by atoms with Gasteiger partial charge in [0.2, 0.25) is 0 Å². The highest BCUT2D eigenvalue weighted by Gasteiger charge is 2.11. The first-order valence-corrected chi connectivity index (χ1v) is 6.60. The second-order valence-electron chi connectivity index (χ2n) is 3.59. The van der Waals surface area contributed by atoms with Crippen LogP contribution in [0.3, 0.4) is 0 Å². The Kier molecular flexibility index (Phi) is 6.47. The fourth-order valence-electron chi connectivity index (χ4n) is 1.36. The van der Waals surface area contributed by atoms with E-state index in [4.69, 9.17) is 5.11 Å². The summed E-state index contributed by atoms with van der Waals surface area (Å²) in [5, 5.41) is 11.6. The van der Waals surface area contributed by atoms with Crippen molar-refractivity contribution >= 4 is 11.8 Å². The van der Waals surface area contributed by atoms with E-state index in [2.05, 4.69) is 5.32 Å². The normalized spacial score (nSPS) is 10.8. The highest BCUT2D eigenvalue weighted by molar-refractivity contribution is 7.99. The molecule has 0 saturated heterocycles. The van der Waals surface area contributed by atoms with Crippen molar-refractivity contribution in [1.82, 2.24) is 5.32 Å². The lowest BCUT2D eigenvalue weighted by atomic mass is 10.2. The highest BCUT2D eigenvalue weighted by atomic mass is 32.2. The maximum atomic E-state index is 13.6. The van der Waals surface area contributed by atoms with E-state index in [1.165, 1.54) is 12.1 Å². The van der Waals surface area contributed by atoms with Gasteiger partial charge in [-0.25, -0.2) is 8.78 Å². The fourth-order valence-corrected chi connectivity index (χ4v) is 2.23. The second-order valence-corrected chi connectivity index (χ2v) is 4.70. The molecule has 1 rings (SSSR count). The summed E-state index contributed by atoms with van der Waals surface area (Å²) in [5.74, 6) is -0.543. The first kappa shape index (κ1) is 14.4. The molecule has 0 aliphatic rings. The zero-order valence-electron chi connectivity index (χ0n) is 9.80. The molecule has 0 bridgehead atoms. The topological polar surface area (TPSA) is 32.3 Å². The quantitative estimate of drug-likeness (QED) is 0.584. The van der Waals surface area contributed by atoms with Crippen LogP contribution < -0.4 is 5.32 Å². The lowest BCUT2D eigenvalue weighted by Gasteiger charge is -2.08. The SMILES string of the molecule is CCNCc1cc(F)c(SCCCO)c(F)c1. The minimum Gasteiger partial charge on any atom is -0.396 e. The number of hydrogen-bond donors (Lipinski definition) is 2. The Hall–Kier alpha value is -0.650. The molecule has 0 aliphatic carbocycles. The molecule has 0 aromatic heterocycles. The Labute approximate surface area is 104 Å². The van der Waals surface area contributed by atoms with Crippen molar-refractivity contribution in [2.45, 2.75) is 24.8 Å². The van der Waals surface area contributed by atoms with Crippen LogP contribution in [0.25, 0.3) is 0 Å². The Morgan fingerprint density at radius 3 is 2.47 bits per heavy atom. The smallest absolute Gasteiger partial charge is 0.140 e. The van der Waals surface area contributed by atoms with Gasteiger partial charge >= 0.3 is 0 Å². The van der Waals surface area contributed by atoms with Gasteiger partial charge < -0.3 is 10.4 Å². The molecule has 0 unspecified atom stereocenters. The van der Waals surface area contributed by atoms with Crippen LogP contribution in [0.2, 0.25) is 0 Å². The van der Waals surface area contributed by atoms with Gasteiger partial charge in [-0.15, -0.1) is 11.8 Å². The van der Waals surface area contributed by atoms with Crippen molar-refractivity contribution in [3.63, 3.8) is 0 Å². The minimum absolute atomic E-state index is 0.0365. The summed E-state index contributed by atoms with van der Waals surface area (Å²) < 4.78 is 27.2. The van der Waals surface area contributed by atoms with E-state index >= 15 is 0 Å². The maximum absolute atomic E-state index is 13.6. The van der Waals surface area contributed by atoms with Gasteiger partial charge in [0.1, 0.15) is 11.6 Å². The molecule has 1 aromatic carbocycles. The third kappa shape index (κ3) is 4.61. The molecular formula is C12H17F2NOS. The van der Waals surface area contributed by atoms with Crippen molar-refractivity contribution < 1.29 is 13.9 Å². The first-order valence-electron chi connectivity index (χ1n) is 5.61. The van der Waals surface area contributed by atoms with Crippen LogP contribution in [-0.4, -0.2) is 24.0 Å². The van der Waals surface area contributed by atoms with Crippen molar-refractivity contribution in [3.05, 3.63) is 29.3 Å². The zero-order valence-corrected chi connectivity index (χ0v) is 10.6. The summed E-state index contributed by atoms with van der Waals surface area (Å²) >= 11 is 1.10. The summed E-state index contributed by atoms with van der Waals surface area (Å²) in [4.78, 5) is 0.0405. The van der Waals surface area contributed by atoms with Crippen LogP contribution in [0.5, 0.6) is 0 Å². The monoisotopic (exact) mass is 261 g/mol. The highest BCUT2D eigenvalue weighted by Crippen LogP contribution is 2.26. The first-order chi connectivity index (χ1) is 8.19. The van der Waals surface area contributed by atoms with Crippen LogP contribution in [0.1, 0.15) is 18.9 Å². The molecule has 5 heteroatoms. The number of benzene rings is 1. The lowest BCUT2D eigenvalue weighted by Crippen LogP contribution is -2.12. The average Bonchev–Trinajstić information content (AvgIpc) is 2.30. The molecule has 0 fully saturated rings. The summed E-state index contributed by atoms with van der Waals surface area (Å²) in [5.41, 5.74) is 0.605. The Morgan fingerprint density at radius 1 is 1.29 bits per heavy atom. The summed E-state index contributed by atoms with van der Waals surface area (Å²) in [7, 11) is 0. The van der Waals surface area contributed by atoms with Gasteiger partial charge in [-0.2, -0.15) is 0 Å². The van der Waals surface area contributed by atoms with Gasteiger partial charge in [0.15, 0.2) is 0 Å². The number of halogens is 2. The summed E-state index contributed by atoms with van der Waals surface area (Å²) in [6, 6.07) is 2.71. The van der Waals surface area contributed by atoms with E-state index < -0.39 is 11.6 Å². The molecule has 0 heterocycles.